The van der Waals surface area contributed by atoms with E-state index in [0.717, 1.165) is 17.5 Å². The monoisotopic (exact) mass is 556 g/mol. The molecule has 2 aliphatic rings. The number of anilines is 1. The second kappa shape index (κ2) is 10.5. The van der Waals surface area contributed by atoms with Gasteiger partial charge in [-0.15, -0.1) is 0 Å². The Hall–Kier alpha value is -4.15. The summed E-state index contributed by atoms with van der Waals surface area (Å²) < 4.78 is 12.8. The summed E-state index contributed by atoms with van der Waals surface area (Å²) in [6, 6.07) is 19.4. The van der Waals surface area contributed by atoms with Gasteiger partial charge in [-0.05, 0) is 54.3 Å². The molecule has 0 spiro atoms. The van der Waals surface area contributed by atoms with E-state index in [1.54, 1.807) is 12.3 Å². The first-order valence-electron chi connectivity index (χ1n) is 12.4. The van der Waals surface area contributed by atoms with Crippen LogP contribution in [0.3, 0.4) is 0 Å². The number of amides is 1. The Kier molecular flexibility index (Phi) is 6.80. The molecular weight excluding hydrogens is 532 g/mol. The normalized spacial score (nSPS) is 15.5. The van der Waals surface area contributed by atoms with E-state index in [1.165, 1.54) is 26.6 Å². The molecule has 1 N–H and O–H groups in total. The first-order chi connectivity index (χ1) is 19.0. The van der Waals surface area contributed by atoms with E-state index in [0.29, 0.717) is 44.3 Å². The van der Waals surface area contributed by atoms with Crippen LogP contribution < -0.4 is 20.3 Å². The minimum Gasteiger partial charge on any atom is -0.454 e. The smallest absolute Gasteiger partial charge is 0.267 e. The minimum absolute atomic E-state index is 0.180. The number of pyridine rings is 1. The Bertz CT molecular complexity index is 1700. The molecule has 6 rings (SSSR count). The van der Waals surface area contributed by atoms with Crippen LogP contribution >= 0.6 is 24.0 Å². The number of thiocarbonyl (C=S) groups is 1. The predicted molar refractivity (Wildman–Crippen MR) is 156 cm³/mol. The molecule has 0 bridgehead atoms. The van der Waals surface area contributed by atoms with Gasteiger partial charge in [0.2, 0.25) is 6.79 Å². The number of hydrogen-bond donors (Lipinski definition) is 1. The molecule has 10 heteroatoms. The van der Waals surface area contributed by atoms with E-state index in [2.05, 4.69) is 17.4 Å². The summed E-state index contributed by atoms with van der Waals surface area (Å²) in [5.74, 6) is 1.50. The van der Waals surface area contributed by atoms with Crippen LogP contribution in [-0.4, -0.2) is 37.8 Å². The Morgan fingerprint density at radius 1 is 1.05 bits per heavy atom. The highest BCUT2D eigenvalue weighted by atomic mass is 32.2. The lowest BCUT2D eigenvalue weighted by Gasteiger charge is -2.15. The SMILES string of the molecule is Cc1cccn2c(=O)c(C=C3SC(=S)N(Cc4ccc5c(c4)OCO5)C3=O)c(NCCc3ccccc3)nc12. The lowest BCUT2D eigenvalue weighted by Crippen LogP contribution is -2.27. The minimum atomic E-state index is -0.258. The quantitative estimate of drug-likeness (QED) is 0.257. The summed E-state index contributed by atoms with van der Waals surface area (Å²) in [5.41, 5.74) is 3.54. The average molecular weight is 557 g/mol. The van der Waals surface area contributed by atoms with Gasteiger partial charge < -0.3 is 14.8 Å². The number of rotatable bonds is 7. The van der Waals surface area contributed by atoms with Crippen molar-refractivity contribution in [2.75, 3.05) is 18.7 Å². The molecule has 4 aromatic rings. The number of nitrogens with zero attached hydrogens (tertiary/aromatic N) is 3. The van der Waals surface area contributed by atoms with Crippen molar-refractivity contribution >= 4 is 51.7 Å². The molecule has 1 fully saturated rings. The van der Waals surface area contributed by atoms with E-state index in [4.69, 9.17) is 26.7 Å². The van der Waals surface area contributed by atoms with Gasteiger partial charge in [0.25, 0.3) is 11.5 Å². The maximum Gasteiger partial charge on any atom is 0.267 e. The lowest BCUT2D eigenvalue weighted by molar-refractivity contribution is -0.122. The van der Waals surface area contributed by atoms with Gasteiger partial charge in [-0.2, -0.15) is 0 Å². The molecule has 2 aromatic heterocycles. The standard InChI is InChI=1S/C29H24N4O4S2/c1-18-6-5-13-32-26(18)31-25(30-12-11-19-7-3-2-4-8-19)21(27(32)34)15-24-28(35)33(29(38)39-24)16-20-9-10-22-23(14-20)37-17-36-22/h2-10,13-15,30H,11-12,16-17H2,1H3. The number of carbonyl (C=O) groups excluding carboxylic acids is 1. The summed E-state index contributed by atoms with van der Waals surface area (Å²) in [6.07, 6.45) is 4.05. The molecular formula is C29H24N4O4S2. The fourth-order valence-corrected chi connectivity index (χ4v) is 5.77. The third-order valence-corrected chi connectivity index (χ3v) is 7.94. The van der Waals surface area contributed by atoms with E-state index < -0.39 is 0 Å². The zero-order valence-corrected chi connectivity index (χ0v) is 22.7. The number of benzene rings is 2. The molecule has 0 atom stereocenters. The Morgan fingerprint density at radius 2 is 1.87 bits per heavy atom. The van der Waals surface area contributed by atoms with Crippen molar-refractivity contribution in [2.24, 2.45) is 0 Å². The number of hydrogen-bond acceptors (Lipinski definition) is 8. The molecule has 196 valence electrons. The number of fused-ring (bicyclic) bond motifs is 2. The Morgan fingerprint density at radius 3 is 2.72 bits per heavy atom. The maximum atomic E-state index is 13.6. The third-order valence-electron chi connectivity index (χ3n) is 6.56. The van der Waals surface area contributed by atoms with Crippen molar-refractivity contribution in [1.29, 1.82) is 0 Å². The molecule has 0 saturated carbocycles. The van der Waals surface area contributed by atoms with Crippen LogP contribution in [0.5, 0.6) is 11.5 Å². The molecule has 2 aliphatic heterocycles. The van der Waals surface area contributed by atoms with Crippen molar-refractivity contribution in [3.63, 3.8) is 0 Å². The van der Waals surface area contributed by atoms with Crippen LogP contribution in [0.25, 0.3) is 11.7 Å². The molecule has 1 saturated heterocycles. The van der Waals surface area contributed by atoms with Gasteiger partial charge in [0, 0.05) is 12.7 Å². The van der Waals surface area contributed by atoms with Gasteiger partial charge in [-0.25, -0.2) is 4.98 Å². The number of thioether (sulfide) groups is 1. The van der Waals surface area contributed by atoms with Gasteiger partial charge in [0.1, 0.15) is 15.8 Å². The Balaban J connectivity index is 1.31. The average Bonchev–Trinajstić information content (AvgIpc) is 3.51. The third kappa shape index (κ3) is 5.00. The summed E-state index contributed by atoms with van der Waals surface area (Å²) >= 11 is 6.73. The van der Waals surface area contributed by atoms with E-state index in [-0.39, 0.29) is 24.8 Å². The molecule has 2 aromatic carbocycles. The number of aryl methyl sites for hydroxylation is 1. The highest BCUT2D eigenvalue weighted by Gasteiger charge is 2.33. The lowest BCUT2D eigenvalue weighted by atomic mass is 10.1. The Labute approximate surface area is 234 Å². The van der Waals surface area contributed by atoms with Gasteiger partial charge in [-0.3, -0.25) is 18.9 Å². The van der Waals surface area contributed by atoms with Crippen molar-refractivity contribution in [3.8, 4) is 11.5 Å². The summed E-state index contributed by atoms with van der Waals surface area (Å²) in [6.45, 7) is 2.95. The summed E-state index contributed by atoms with van der Waals surface area (Å²) in [7, 11) is 0. The predicted octanol–water partition coefficient (Wildman–Crippen LogP) is 4.79. The highest BCUT2D eigenvalue weighted by molar-refractivity contribution is 8.26. The zero-order valence-electron chi connectivity index (χ0n) is 21.0. The fraction of sp³-hybridized carbons (Fsp3) is 0.172. The fourth-order valence-electron chi connectivity index (χ4n) is 4.54. The van der Waals surface area contributed by atoms with Crippen molar-refractivity contribution in [1.82, 2.24) is 14.3 Å². The molecule has 0 radical (unpaired) electrons. The van der Waals surface area contributed by atoms with Gasteiger partial charge in [0.15, 0.2) is 11.5 Å². The van der Waals surface area contributed by atoms with Crippen LogP contribution in [0.1, 0.15) is 22.3 Å². The summed E-state index contributed by atoms with van der Waals surface area (Å²) in [4.78, 5) is 33.8. The van der Waals surface area contributed by atoms with Gasteiger partial charge >= 0.3 is 0 Å². The van der Waals surface area contributed by atoms with Crippen molar-refractivity contribution in [3.05, 3.63) is 104 Å². The van der Waals surface area contributed by atoms with Crippen molar-refractivity contribution in [2.45, 2.75) is 19.9 Å². The van der Waals surface area contributed by atoms with Crippen LogP contribution in [0.2, 0.25) is 0 Å². The second-order valence-corrected chi connectivity index (χ2v) is 10.9. The molecule has 4 heterocycles. The largest absolute Gasteiger partial charge is 0.454 e. The molecule has 0 aliphatic carbocycles. The molecule has 1 amide bonds. The first kappa shape index (κ1) is 25.1. The van der Waals surface area contributed by atoms with Crippen LogP contribution in [0.4, 0.5) is 5.82 Å². The van der Waals surface area contributed by atoms with E-state index >= 15 is 0 Å². The zero-order chi connectivity index (χ0) is 26.9. The number of aromatic nitrogens is 2. The van der Waals surface area contributed by atoms with Gasteiger partial charge in [-0.1, -0.05) is 66.4 Å². The summed E-state index contributed by atoms with van der Waals surface area (Å²) in [5, 5.41) is 3.34. The van der Waals surface area contributed by atoms with E-state index in [1.807, 2.05) is 55.5 Å². The van der Waals surface area contributed by atoms with Crippen LogP contribution in [0.15, 0.2) is 76.6 Å². The number of nitrogens with one attached hydrogen (secondary N) is 1. The molecule has 39 heavy (non-hydrogen) atoms. The first-order valence-corrected chi connectivity index (χ1v) is 13.6. The number of carbonyl (C=O) groups is 1. The highest BCUT2D eigenvalue weighted by Crippen LogP contribution is 2.36. The maximum absolute atomic E-state index is 13.6. The topological polar surface area (TPSA) is 85.2 Å². The van der Waals surface area contributed by atoms with Crippen LogP contribution in [-0.2, 0) is 17.8 Å². The van der Waals surface area contributed by atoms with Crippen molar-refractivity contribution < 1.29 is 14.3 Å². The molecule has 0 unspecified atom stereocenters. The second-order valence-electron chi connectivity index (χ2n) is 9.18. The van der Waals surface area contributed by atoms with Gasteiger partial charge in [0.05, 0.1) is 17.0 Å². The van der Waals surface area contributed by atoms with Crippen LogP contribution in [0, 0.1) is 6.92 Å². The molecule has 8 nitrogen and oxygen atoms in total. The number of ether oxygens (including phenoxy) is 2. The van der Waals surface area contributed by atoms with E-state index in [9.17, 15) is 9.59 Å².